The number of hydrogen-bond donors (Lipinski definition) is 3. The number of carboxylic acid groups (broad SMARTS) is 1. The van der Waals surface area contributed by atoms with E-state index in [0.717, 1.165) is 31.4 Å². The monoisotopic (exact) mass is 327 g/mol. The van der Waals surface area contributed by atoms with E-state index in [1.165, 1.54) is 6.20 Å². The average Bonchev–Trinajstić information content (AvgIpc) is 3.04. The first kappa shape index (κ1) is 16.3. The Bertz CT molecular complexity index is 779. The van der Waals surface area contributed by atoms with Gasteiger partial charge in [-0.1, -0.05) is 6.92 Å². The molecular formula is C17H21N5O2. The van der Waals surface area contributed by atoms with Gasteiger partial charge in [0.1, 0.15) is 11.2 Å². The third kappa shape index (κ3) is 3.19. The molecule has 1 aliphatic rings. The Morgan fingerprint density at radius 3 is 3.21 bits per heavy atom. The predicted octanol–water partition coefficient (Wildman–Crippen LogP) is 2.30. The number of aromatic amines is 1. The predicted molar refractivity (Wildman–Crippen MR) is 90.9 cm³/mol. The molecule has 0 unspecified atom stereocenters. The summed E-state index contributed by atoms with van der Waals surface area (Å²) in [6.07, 6.45) is 4.69. The first-order chi connectivity index (χ1) is 11.6. The topological polar surface area (TPSA) is 105 Å². The van der Waals surface area contributed by atoms with Gasteiger partial charge in [0.25, 0.3) is 0 Å². The van der Waals surface area contributed by atoms with Gasteiger partial charge < -0.3 is 20.3 Å². The van der Waals surface area contributed by atoms with Crippen LogP contribution in [0.1, 0.15) is 30.1 Å². The van der Waals surface area contributed by atoms with Crippen molar-refractivity contribution in [3.05, 3.63) is 24.0 Å². The summed E-state index contributed by atoms with van der Waals surface area (Å²) in [6, 6.07) is 4.16. The van der Waals surface area contributed by atoms with Gasteiger partial charge in [0.05, 0.1) is 11.8 Å². The largest absolute Gasteiger partial charge is 0.478 e. The van der Waals surface area contributed by atoms with Crippen LogP contribution in [-0.4, -0.2) is 51.6 Å². The minimum absolute atomic E-state index is 0.135. The van der Waals surface area contributed by atoms with Crippen LogP contribution in [0.2, 0.25) is 0 Å². The Labute approximate surface area is 140 Å². The van der Waals surface area contributed by atoms with Gasteiger partial charge in [-0.05, 0) is 24.9 Å². The number of carboxylic acids is 1. The van der Waals surface area contributed by atoms with Crippen LogP contribution in [0.3, 0.4) is 0 Å². The van der Waals surface area contributed by atoms with Crippen molar-refractivity contribution in [2.75, 3.05) is 25.0 Å². The minimum Gasteiger partial charge on any atom is -0.478 e. The maximum atomic E-state index is 11.6. The molecule has 2 aromatic heterocycles. The number of nitrogens with one attached hydrogen (secondary N) is 2. The fourth-order valence-electron chi connectivity index (χ4n) is 3.25. The van der Waals surface area contributed by atoms with Gasteiger partial charge in [-0.3, -0.25) is 0 Å². The fourth-order valence-corrected chi connectivity index (χ4v) is 3.25. The van der Waals surface area contributed by atoms with E-state index >= 15 is 0 Å². The molecule has 1 saturated heterocycles. The normalized spacial score (nSPS) is 21.5. The molecule has 2 atom stereocenters. The van der Waals surface area contributed by atoms with Crippen LogP contribution in [-0.2, 0) is 0 Å². The molecule has 0 amide bonds. The number of nitrogens with zero attached hydrogens (tertiary/aromatic N) is 3. The van der Waals surface area contributed by atoms with Crippen molar-refractivity contribution in [2.24, 2.45) is 5.92 Å². The molecule has 0 radical (unpaired) electrons. The van der Waals surface area contributed by atoms with E-state index in [9.17, 15) is 9.90 Å². The number of rotatable bonds is 5. The summed E-state index contributed by atoms with van der Waals surface area (Å²) >= 11 is 0. The maximum Gasteiger partial charge on any atom is 0.339 e. The highest BCUT2D eigenvalue weighted by Gasteiger charge is 2.28. The quantitative estimate of drug-likeness (QED) is 0.778. The average molecular weight is 327 g/mol. The summed E-state index contributed by atoms with van der Waals surface area (Å²) in [5.74, 6) is -0.565. The number of aromatic nitrogens is 2. The number of carbonyl (C=O) groups is 1. The molecule has 0 aliphatic carbocycles. The standard InChI is InChI=1S/C17H21N5O2/c1-11-4-8-22(7-2-5-18)10-14(11)21-15-12-3-6-19-16(12)20-9-13(15)17(23)24/h3,6,9,11,14H,2,4,7-8,10H2,1H3,(H,23,24)(H2,19,20,21)/t11-,14+/m1/s1. The third-order valence-corrected chi connectivity index (χ3v) is 4.73. The molecule has 1 fully saturated rings. The Kier molecular flexibility index (Phi) is 4.67. The highest BCUT2D eigenvalue weighted by atomic mass is 16.4. The lowest BCUT2D eigenvalue weighted by Crippen LogP contribution is -2.47. The third-order valence-electron chi connectivity index (χ3n) is 4.73. The molecule has 7 nitrogen and oxygen atoms in total. The number of aromatic carboxylic acids is 1. The summed E-state index contributed by atoms with van der Waals surface area (Å²) in [6.45, 7) is 4.71. The van der Waals surface area contributed by atoms with Crippen molar-refractivity contribution < 1.29 is 9.90 Å². The van der Waals surface area contributed by atoms with Crippen LogP contribution in [0.5, 0.6) is 0 Å². The van der Waals surface area contributed by atoms with E-state index in [-0.39, 0.29) is 11.6 Å². The summed E-state index contributed by atoms with van der Waals surface area (Å²) in [4.78, 5) is 21.0. The van der Waals surface area contributed by atoms with Crippen LogP contribution in [0.15, 0.2) is 18.5 Å². The fraction of sp³-hybridized carbons (Fsp3) is 0.471. The van der Waals surface area contributed by atoms with Crippen LogP contribution < -0.4 is 5.32 Å². The highest BCUT2D eigenvalue weighted by molar-refractivity contribution is 6.03. The Hall–Kier alpha value is -2.59. The van der Waals surface area contributed by atoms with Crippen LogP contribution in [0.4, 0.5) is 5.69 Å². The van der Waals surface area contributed by atoms with Crippen molar-refractivity contribution >= 4 is 22.7 Å². The van der Waals surface area contributed by atoms with Gasteiger partial charge in [0, 0.05) is 43.3 Å². The first-order valence-corrected chi connectivity index (χ1v) is 8.15. The van der Waals surface area contributed by atoms with E-state index in [0.29, 0.717) is 23.7 Å². The Morgan fingerprint density at radius 2 is 2.46 bits per heavy atom. The zero-order chi connectivity index (χ0) is 17.1. The lowest BCUT2D eigenvalue weighted by Gasteiger charge is -2.38. The molecule has 3 heterocycles. The van der Waals surface area contributed by atoms with E-state index in [1.807, 2.05) is 6.07 Å². The number of hydrogen-bond acceptors (Lipinski definition) is 5. The van der Waals surface area contributed by atoms with E-state index < -0.39 is 5.97 Å². The van der Waals surface area contributed by atoms with Crippen molar-refractivity contribution in [1.29, 1.82) is 5.26 Å². The lowest BCUT2D eigenvalue weighted by molar-refractivity contribution is 0.0697. The molecule has 0 aromatic carbocycles. The second-order valence-electron chi connectivity index (χ2n) is 6.32. The van der Waals surface area contributed by atoms with E-state index in [2.05, 4.69) is 33.2 Å². The number of fused-ring (bicyclic) bond motifs is 1. The molecule has 126 valence electrons. The molecule has 0 bridgehead atoms. The molecule has 2 aromatic rings. The van der Waals surface area contributed by atoms with E-state index in [1.54, 1.807) is 6.20 Å². The van der Waals surface area contributed by atoms with Crippen LogP contribution in [0, 0.1) is 17.2 Å². The maximum absolute atomic E-state index is 11.6. The molecule has 24 heavy (non-hydrogen) atoms. The molecule has 0 spiro atoms. The number of nitriles is 1. The number of H-pyrrole nitrogens is 1. The number of likely N-dealkylation sites (tertiary alicyclic amines) is 1. The van der Waals surface area contributed by atoms with Gasteiger partial charge in [0.15, 0.2) is 0 Å². The Morgan fingerprint density at radius 1 is 1.62 bits per heavy atom. The van der Waals surface area contributed by atoms with Gasteiger partial charge in [-0.15, -0.1) is 0 Å². The SMILES string of the molecule is C[C@@H]1CCN(CCC#N)C[C@@H]1Nc1c(C(=O)O)cnc2[nH]ccc12. The number of piperidine rings is 1. The molecule has 3 N–H and O–H groups in total. The zero-order valence-corrected chi connectivity index (χ0v) is 13.6. The summed E-state index contributed by atoms with van der Waals surface area (Å²) in [5.41, 5.74) is 1.48. The second-order valence-corrected chi connectivity index (χ2v) is 6.32. The second kappa shape index (κ2) is 6.89. The minimum atomic E-state index is -0.988. The van der Waals surface area contributed by atoms with Gasteiger partial charge in [0.2, 0.25) is 0 Å². The summed E-state index contributed by atoms with van der Waals surface area (Å²) in [5, 5.41) is 22.5. The van der Waals surface area contributed by atoms with Crippen molar-refractivity contribution in [2.45, 2.75) is 25.8 Å². The van der Waals surface area contributed by atoms with Crippen LogP contribution in [0.25, 0.3) is 11.0 Å². The molecule has 7 heteroatoms. The summed E-state index contributed by atoms with van der Waals surface area (Å²) < 4.78 is 0. The highest BCUT2D eigenvalue weighted by Crippen LogP contribution is 2.29. The van der Waals surface area contributed by atoms with Gasteiger partial charge in [-0.2, -0.15) is 5.26 Å². The van der Waals surface area contributed by atoms with Crippen molar-refractivity contribution in [3.63, 3.8) is 0 Å². The summed E-state index contributed by atoms with van der Waals surface area (Å²) in [7, 11) is 0. The van der Waals surface area contributed by atoms with E-state index in [4.69, 9.17) is 5.26 Å². The Balaban J connectivity index is 1.87. The smallest absolute Gasteiger partial charge is 0.339 e. The zero-order valence-electron chi connectivity index (χ0n) is 13.6. The molecule has 0 saturated carbocycles. The van der Waals surface area contributed by atoms with Crippen molar-refractivity contribution in [1.82, 2.24) is 14.9 Å². The number of anilines is 1. The molecule has 1 aliphatic heterocycles. The van der Waals surface area contributed by atoms with Crippen LogP contribution >= 0.6 is 0 Å². The van der Waals surface area contributed by atoms with Gasteiger partial charge in [-0.25, -0.2) is 9.78 Å². The first-order valence-electron chi connectivity index (χ1n) is 8.15. The lowest BCUT2D eigenvalue weighted by atomic mass is 9.92. The molecule has 3 rings (SSSR count). The molecular weight excluding hydrogens is 306 g/mol. The van der Waals surface area contributed by atoms with Gasteiger partial charge >= 0.3 is 5.97 Å². The number of pyridine rings is 1. The van der Waals surface area contributed by atoms with Crippen molar-refractivity contribution in [3.8, 4) is 6.07 Å².